The molecule has 1 fully saturated rings. The van der Waals surface area contributed by atoms with Gasteiger partial charge in [0.2, 0.25) is 0 Å². The largest absolute Gasteiger partial charge is 0.488 e. The molecule has 0 spiro atoms. The first-order valence-electron chi connectivity index (χ1n) is 9.83. The second-order valence-corrected chi connectivity index (χ2v) is 7.22. The van der Waals surface area contributed by atoms with Crippen LogP contribution >= 0.6 is 0 Å². The molecule has 1 aliphatic rings. The van der Waals surface area contributed by atoms with Crippen LogP contribution in [0.15, 0.2) is 84.9 Å². The maximum atomic E-state index is 13.7. The number of ether oxygens (including phenoxy) is 1. The Morgan fingerprint density at radius 3 is 2.03 bits per heavy atom. The number of hydrogen-bond donors (Lipinski definition) is 2. The summed E-state index contributed by atoms with van der Waals surface area (Å²) in [5.41, 5.74) is -0.176. The SMILES string of the molecule is O=C1NC(c2ccccc2)(c2ccccc2)C(=O)N1C[C@H](O)COc1ccccc1F. The molecule has 0 bridgehead atoms. The molecule has 0 aliphatic carbocycles. The monoisotopic (exact) mass is 420 g/mol. The van der Waals surface area contributed by atoms with Crippen LogP contribution in [-0.2, 0) is 10.3 Å². The van der Waals surface area contributed by atoms with Gasteiger partial charge in [0.1, 0.15) is 12.7 Å². The molecule has 1 saturated heterocycles. The minimum Gasteiger partial charge on any atom is -0.488 e. The highest BCUT2D eigenvalue weighted by atomic mass is 19.1. The van der Waals surface area contributed by atoms with Crippen molar-refractivity contribution in [1.29, 1.82) is 0 Å². The van der Waals surface area contributed by atoms with Crippen LogP contribution in [0.25, 0.3) is 0 Å². The lowest BCUT2D eigenvalue weighted by Gasteiger charge is -2.28. The van der Waals surface area contributed by atoms with Crippen LogP contribution in [-0.4, -0.2) is 41.2 Å². The van der Waals surface area contributed by atoms with Crippen LogP contribution in [0.2, 0.25) is 0 Å². The van der Waals surface area contributed by atoms with E-state index in [9.17, 15) is 19.1 Å². The van der Waals surface area contributed by atoms with Crippen molar-refractivity contribution in [3.05, 3.63) is 102 Å². The van der Waals surface area contributed by atoms with Crippen LogP contribution in [0.1, 0.15) is 11.1 Å². The minimum absolute atomic E-state index is 0.0123. The average Bonchev–Trinajstić information content (AvgIpc) is 3.05. The summed E-state index contributed by atoms with van der Waals surface area (Å²) in [6, 6.07) is 23.1. The zero-order valence-electron chi connectivity index (χ0n) is 16.6. The van der Waals surface area contributed by atoms with E-state index in [0.717, 1.165) is 4.90 Å². The first-order chi connectivity index (χ1) is 15.0. The Morgan fingerprint density at radius 2 is 1.45 bits per heavy atom. The molecule has 0 aromatic heterocycles. The molecule has 4 rings (SSSR count). The Kier molecular flexibility index (Phi) is 5.68. The maximum Gasteiger partial charge on any atom is 0.325 e. The standard InChI is InChI=1S/C24H21FN2O4/c25-20-13-7-8-14-21(20)31-16-19(28)15-27-22(29)24(26-23(27)30,17-9-3-1-4-10-17)18-11-5-2-6-12-18/h1-14,19,28H,15-16H2,(H,26,30)/t19-/m0/s1. The zero-order chi connectivity index (χ0) is 21.8. The molecule has 0 radical (unpaired) electrons. The Balaban J connectivity index is 1.57. The molecule has 0 saturated carbocycles. The second-order valence-electron chi connectivity index (χ2n) is 7.22. The van der Waals surface area contributed by atoms with Gasteiger partial charge in [0.05, 0.1) is 6.54 Å². The molecular weight excluding hydrogens is 399 g/mol. The molecule has 31 heavy (non-hydrogen) atoms. The highest BCUT2D eigenvalue weighted by Gasteiger charge is 2.53. The van der Waals surface area contributed by atoms with Gasteiger partial charge in [-0.05, 0) is 23.3 Å². The molecule has 1 aliphatic heterocycles. The van der Waals surface area contributed by atoms with Gasteiger partial charge in [-0.15, -0.1) is 0 Å². The lowest BCUT2D eigenvalue weighted by molar-refractivity contribution is -0.131. The van der Waals surface area contributed by atoms with Gasteiger partial charge in [0, 0.05) is 0 Å². The molecular formula is C24H21FN2O4. The van der Waals surface area contributed by atoms with Gasteiger partial charge in [0.25, 0.3) is 5.91 Å². The number of aliphatic hydroxyl groups is 1. The number of rotatable bonds is 7. The molecule has 7 heteroatoms. The van der Waals surface area contributed by atoms with E-state index in [-0.39, 0.29) is 18.9 Å². The summed E-state index contributed by atoms with van der Waals surface area (Å²) >= 11 is 0. The van der Waals surface area contributed by atoms with Gasteiger partial charge < -0.3 is 15.2 Å². The Bertz CT molecular complexity index is 1040. The van der Waals surface area contributed by atoms with Crippen molar-refractivity contribution in [3.63, 3.8) is 0 Å². The maximum absolute atomic E-state index is 13.7. The molecule has 3 aromatic carbocycles. The number of nitrogens with one attached hydrogen (secondary N) is 1. The Morgan fingerprint density at radius 1 is 0.903 bits per heavy atom. The van der Waals surface area contributed by atoms with Gasteiger partial charge in [0.15, 0.2) is 17.1 Å². The van der Waals surface area contributed by atoms with E-state index < -0.39 is 29.4 Å². The number of para-hydroxylation sites is 1. The summed E-state index contributed by atoms with van der Waals surface area (Å²) in [7, 11) is 0. The molecule has 3 aromatic rings. The fraction of sp³-hybridized carbons (Fsp3) is 0.167. The number of aliphatic hydroxyl groups excluding tert-OH is 1. The molecule has 6 nitrogen and oxygen atoms in total. The van der Waals surface area contributed by atoms with E-state index >= 15 is 0 Å². The number of halogens is 1. The van der Waals surface area contributed by atoms with Crippen molar-refractivity contribution >= 4 is 11.9 Å². The van der Waals surface area contributed by atoms with Crippen LogP contribution < -0.4 is 10.1 Å². The van der Waals surface area contributed by atoms with Crippen molar-refractivity contribution in [1.82, 2.24) is 10.2 Å². The topological polar surface area (TPSA) is 78.9 Å². The van der Waals surface area contributed by atoms with E-state index in [0.29, 0.717) is 11.1 Å². The molecule has 3 amide bonds. The summed E-state index contributed by atoms with van der Waals surface area (Å²) in [5.74, 6) is -1.07. The molecule has 1 heterocycles. The summed E-state index contributed by atoms with van der Waals surface area (Å²) in [6.45, 7) is -0.567. The van der Waals surface area contributed by atoms with E-state index in [1.807, 2.05) is 12.1 Å². The third-order valence-electron chi connectivity index (χ3n) is 5.18. The van der Waals surface area contributed by atoms with Crippen LogP contribution in [0.5, 0.6) is 5.75 Å². The first-order valence-corrected chi connectivity index (χ1v) is 9.83. The predicted octanol–water partition coefficient (Wildman–Crippen LogP) is 3.06. The lowest BCUT2D eigenvalue weighted by atomic mass is 9.82. The number of nitrogens with zero attached hydrogens (tertiary/aromatic N) is 1. The Hall–Kier alpha value is -3.71. The third kappa shape index (κ3) is 3.87. The summed E-state index contributed by atoms with van der Waals surface area (Å²) in [6.07, 6.45) is -1.20. The molecule has 2 N–H and O–H groups in total. The second kappa shape index (κ2) is 8.57. The minimum atomic E-state index is -1.40. The highest BCUT2D eigenvalue weighted by Crippen LogP contribution is 2.36. The summed E-state index contributed by atoms with van der Waals surface area (Å²) in [4.78, 5) is 27.3. The number of carbonyl (C=O) groups is 2. The number of benzene rings is 3. The van der Waals surface area contributed by atoms with E-state index in [1.165, 1.54) is 18.2 Å². The zero-order valence-corrected chi connectivity index (χ0v) is 16.6. The summed E-state index contributed by atoms with van der Waals surface area (Å²) < 4.78 is 19.0. The average molecular weight is 420 g/mol. The highest BCUT2D eigenvalue weighted by molar-refractivity contribution is 6.09. The molecule has 1 atom stereocenters. The van der Waals surface area contributed by atoms with Crippen molar-refractivity contribution in [2.24, 2.45) is 0 Å². The number of amides is 3. The van der Waals surface area contributed by atoms with E-state index in [1.54, 1.807) is 54.6 Å². The number of hydrogen-bond acceptors (Lipinski definition) is 4. The fourth-order valence-electron chi connectivity index (χ4n) is 3.69. The predicted molar refractivity (Wildman–Crippen MR) is 112 cm³/mol. The van der Waals surface area contributed by atoms with Gasteiger partial charge in [-0.3, -0.25) is 9.69 Å². The number of β-amino-alcohol motifs (C(OH)–C–C–N with tert-alkyl or cyclic N) is 1. The summed E-state index contributed by atoms with van der Waals surface area (Å²) in [5, 5.41) is 13.2. The first kappa shape index (κ1) is 20.6. The number of carbonyl (C=O) groups excluding carboxylic acids is 2. The smallest absolute Gasteiger partial charge is 0.325 e. The number of imide groups is 1. The van der Waals surface area contributed by atoms with E-state index in [4.69, 9.17) is 4.74 Å². The van der Waals surface area contributed by atoms with Crippen LogP contribution in [0.3, 0.4) is 0 Å². The molecule has 0 unspecified atom stereocenters. The fourth-order valence-corrected chi connectivity index (χ4v) is 3.69. The van der Waals surface area contributed by atoms with Gasteiger partial charge in [-0.1, -0.05) is 72.8 Å². The lowest BCUT2D eigenvalue weighted by Crippen LogP contribution is -2.46. The van der Waals surface area contributed by atoms with Gasteiger partial charge >= 0.3 is 6.03 Å². The van der Waals surface area contributed by atoms with Crippen molar-refractivity contribution < 1.29 is 23.8 Å². The van der Waals surface area contributed by atoms with Crippen LogP contribution in [0.4, 0.5) is 9.18 Å². The number of urea groups is 1. The van der Waals surface area contributed by atoms with Gasteiger partial charge in [-0.25, -0.2) is 9.18 Å². The van der Waals surface area contributed by atoms with Crippen molar-refractivity contribution in [3.8, 4) is 5.75 Å². The third-order valence-corrected chi connectivity index (χ3v) is 5.18. The quantitative estimate of drug-likeness (QED) is 0.576. The van der Waals surface area contributed by atoms with Gasteiger partial charge in [-0.2, -0.15) is 0 Å². The van der Waals surface area contributed by atoms with Crippen LogP contribution in [0, 0.1) is 5.82 Å². The van der Waals surface area contributed by atoms with Crippen molar-refractivity contribution in [2.75, 3.05) is 13.2 Å². The van der Waals surface area contributed by atoms with Crippen molar-refractivity contribution in [2.45, 2.75) is 11.6 Å². The van der Waals surface area contributed by atoms with E-state index in [2.05, 4.69) is 5.32 Å². The normalized spacial score (nSPS) is 16.1. The molecule has 158 valence electrons. The Labute approximate surface area is 178 Å².